The molecule has 0 aliphatic heterocycles. The number of nitrogens with one attached hydrogen (secondary N) is 1. The van der Waals surface area contributed by atoms with E-state index in [2.05, 4.69) is 10.3 Å². The normalized spacial score (nSPS) is 12.3. The van der Waals surface area contributed by atoms with E-state index in [9.17, 15) is 4.79 Å². The molecule has 1 heterocycles. The van der Waals surface area contributed by atoms with Crippen molar-refractivity contribution in [2.75, 3.05) is 5.32 Å². The number of hydrogen-bond acceptors (Lipinski definition) is 3. The van der Waals surface area contributed by atoms with Crippen molar-refractivity contribution in [3.8, 4) is 0 Å². The van der Waals surface area contributed by atoms with Crippen LogP contribution in [0.5, 0.6) is 0 Å². The second-order valence-corrected chi connectivity index (χ2v) is 4.02. The van der Waals surface area contributed by atoms with Crippen LogP contribution < -0.4 is 5.32 Å². The summed E-state index contributed by atoms with van der Waals surface area (Å²) in [6.45, 7) is 1.83. The lowest BCUT2D eigenvalue weighted by molar-refractivity contribution is -0.137. The SMILES string of the molecule is CC(CC(=O)O)Nc1nccc2ccccc12. The first kappa shape index (κ1) is 11.4. The fourth-order valence-corrected chi connectivity index (χ4v) is 1.78. The number of pyridine rings is 1. The van der Waals surface area contributed by atoms with E-state index in [1.807, 2.05) is 37.3 Å². The zero-order valence-corrected chi connectivity index (χ0v) is 9.55. The average Bonchev–Trinajstić information content (AvgIpc) is 2.28. The largest absolute Gasteiger partial charge is 0.481 e. The summed E-state index contributed by atoms with van der Waals surface area (Å²) in [6, 6.07) is 9.67. The Hall–Kier alpha value is -2.10. The first-order valence-electron chi connectivity index (χ1n) is 5.49. The van der Waals surface area contributed by atoms with Crippen LogP contribution in [-0.4, -0.2) is 22.1 Å². The summed E-state index contributed by atoms with van der Waals surface area (Å²) in [5.41, 5.74) is 0. The summed E-state index contributed by atoms with van der Waals surface area (Å²) in [6.07, 6.45) is 1.79. The number of aromatic nitrogens is 1. The first-order valence-corrected chi connectivity index (χ1v) is 5.49. The van der Waals surface area contributed by atoms with Gasteiger partial charge in [0.05, 0.1) is 6.42 Å². The molecule has 0 aliphatic rings. The topological polar surface area (TPSA) is 62.2 Å². The zero-order chi connectivity index (χ0) is 12.3. The van der Waals surface area contributed by atoms with E-state index in [4.69, 9.17) is 5.11 Å². The highest BCUT2D eigenvalue weighted by Crippen LogP contribution is 2.21. The Labute approximate surface area is 99.3 Å². The van der Waals surface area contributed by atoms with Crippen molar-refractivity contribution in [2.24, 2.45) is 0 Å². The van der Waals surface area contributed by atoms with Crippen molar-refractivity contribution in [1.82, 2.24) is 4.98 Å². The standard InChI is InChI=1S/C13H14N2O2/c1-9(8-12(16)17)15-13-11-5-3-2-4-10(11)6-7-14-13/h2-7,9H,8H2,1H3,(H,14,15)(H,16,17). The minimum Gasteiger partial charge on any atom is -0.481 e. The predicted molar refractivity (Wildman–Crippen MR) is 67.1 cm³/mol. The molecule has 0 aliphatic carbocycles. The molecule has 4 nitrogen and oxygen atoms in total. The Morgan fingerprint density at radius 1 is 1.41 bits per heavy atom. The summed E-state index contributed by atoms with van der Waals surface area (Å²) < 4.78 is 0. The molecule has 0 radical (unpaired) electrons. The van der Waals surface area contributed by atoms with Gasteiger partial charge in [-0.05, 0) is 18.4 Å². The molecule has 1 atom stereocenters. The van der Waals surface area contributed by atoms with E-state index >= 15 is 0 Å². The lowest BCUT2D eigenvalue weighted by Gasteiger charge is -2.13. The van der Waals surface area contributed by atoms with Crippen molar-refractivity contribution in [3.05, 3.63) is 36.5 Å². The van der Waals surface area contributed by atoms with Gasteiger partial charge in [-0.15, -0.1) is 0 Å². The van der Waals surface area contributed by atoms with E-state index in [-0.39, 0.29) is 12.5 Å². The number of rotatable bonds is 4. The van der Waals surface area contributed by atoms with Crippen molar-refractivity contribution in [1.29, 1.82) is 0 Å². The van der Waals surface area contributed by atoms with Crippen LogP contribution in [0.2, 0.25) is 0 Å². The van der Waals surface area contributed by atoms with E-state index in [0.717, 1.165) is 16.6 Å². The van der Waals surface area contributed by atoms with Crippen molar-refractivity contribution in [2.45, 2.75) is 19.4 Å². The van der Waals surface area contributed by atoms with Gasteiger partial charge >= 0.3 is 5.97 Å². The summed E-state index contributed by atoms with van der Waals surface area (Å²) in [5, 5.41) is 13.9. The fourth-order valence-electron chi connectivity index (χ4n) is 1.78. The van der Waals surface area contributed by atoms with Crippen molar-refractivity contribution in [3.63, 3.8) is 0 Å². The van der Waals surface area contributed by atoms with Gasteiger partial charge in [-0.1, -0.05) is 24.3 Å². The van der Waals surface area contributed by atoms with Crippen LogP contribution in [0.3, 0.4) is 0 Å². The van der Waals surface area contributed by atoms with Crippen molar-refractivity contribution < 1.29 is 9.90 Å². The quantitative estimate of drug-likeness (QED) is 0.847. The summed E-state index contributed by atoms with van der Waals surface area (Å²) in [5.74, 6) is -0.0814. The third-order valence-electron chi connectivity index (χ3n) is 2.54. The van der Waals surface area contributed by atoms with Gasteiger partial charge in [-0.3, -0.25) is 4.79 Å². The number of benzene rings is 1. The van der Waals surface area contributed by atoms with E-state index < -0.39 is 5.97 Å². The molecule has 1 aromatic heterocycles. The maximum Gasteiger partial charge on any atom is 0.305 e. The minimum absolute atomic E-state index is 0.0743. The Morgan fingerprint density at radius 3 is 2.94 bits per heavy atom. The third-order valence-corrected chi connectivity index (χ3v) is 2.54. The van der Waals surface area contributed by atoms with Crippen LogP contribution >= 0.6 is 0 Å². The molecule has 2 aromatic rings. The highest BCUT2D eigenvalue weighted by molar-refractivity contribution is 5.91. The third kappa shape index (κ3) is 2.72. The molecule has 0 bridgehead atoms. The number of anilines is 1. The summed E-state index contributed by atoms with van der Waals surface area (Å²) in [4.78, 5) is 14.9. The van der Waals surface area contributed by atoms with Gasteiger partial charge in [0, 0.05) is 17.6 Å². The molecule has 88 valence electrons. The zero-order valence-electron chi connectivity index (χ0n) is 9.55. The lowest BCUT2D eigenvalue weighted by Crippen LogP contribution is -2.20. The molecule has 0 amide bonds. The summed E-state index contributed by atoms with van der Waals surface area (Å²) >= 11 is 0. The van der Waals surface area contributed by atoms with Gasteiger partial charge in [0.15, 0.2) is 0 Å². The molecule has 4 heteroatoms. The number of fused-ring (bicyclic) bond motifs is 1. The van der Waals surface area contributed by atoms with E-state index in [0.29, 0.717) is 0 Å². The van der Waals surface area contributed by atoms with Crippen LogP contribution in [0, 0.1) is 0 Å². The van der Waals surface area contributed by atoms with Gasteiger partial charge in [0.1, 0.15) is 5.82 Å². The second kappa shape index (κ2) is 4.82. The highest BCUT2D eigenvalue weighted by Gasteiger charge is 2.09. The molecular formula is C13H14N2O2. The Morgan fingerprint density at radius 2 is 2.18 bits per heavy atom. The minimum atomic E-state index is -0.815. The number of nitrogens with zero attached hydrogens (tertiary/aromatic N) is 1. The van der Waals surface area contributed by atoms with Crippen LogP contribution in [0.4, 0.5) is 5.82 Å². The molecule has 2 N–H and O–H groups in total. The Kier molecular flexibility index (Phi) is 3.23. The lowest BCUT2D eigenvalue weighted by atomic mass is 10.1. The van der Waals surface area contributed by atoms with Crippen LogP contribution in [-0.2, 0) is 4.79 Å². The Balaban J connectivity index is 2.26. The maximum atomic E-state index is 10.6. The van der Waals surface area contributed by atoms with Crippen LogP contribution in [0.1, 0.15) is 13.3 Å². The number of hydrogen-bond donors (Lipinski definition) is 2. The molecule has 1 aromatic carbocycles. The van der Waals surface area contributed by atoms with Gasteiger partial charge in [-0.2, -0.15) is 0 Å². The first-order chi connectivity index (χ1) is 8.16. The molecule has 0 saturated carbocycles. The predicted octanol–water partition coefficient (Wildman–Crippen LogP) is 2.51. The van der Waals surface area contributed by atoms with Crippen LogP contribution in [0.25, 0.3) is 10.8 Å². The molecule has 0 saturated heterocycles. The average molecular weight is 230 g/mol. The smallest absolute Gasteiger partial charge is 0.305 e. The Bertz CT molecular complexity index is 534. The van der Waals surface area contributed by atoms with Gasteiger partial charge < -0.3 is 10.4 Å². The number of carboxylic acid groups (broad SMARTS) is 1. The maximum absolute atomic E-state index is 10.6. The van der Waals surface area contributed by atoms with E-state index in [1.54, 1.807) is 6.20 Å². The molecule has 17 heavy (non-hydrogen) atoms. The number of carboxylic acids is 1. The monoisotopic (exact) mass is 230 g/mol. The number of carbonyl (C=O) groups is 1. The fraction of sp³-hybridized carbons (Fsp3) is 0.231. The molecule has 0 spiro atoms. The molecule has 2 rings (SSSR count). The summed E-state index contributed by atoms with van der Waals surface area (Å²) in [7, 11) is 0. The van der Waals surface area contributed by atoms with Crippen molar-refractivity contribution >= 4 is 22.6 Å². The molecule has 1 unspecified atom stereocenters. The second-order valence-electron chi connectivity index (χ2n) is 4.02. The van der Waals surface area contributed by atoms with Gasteiger partial charge in [-0.25, -0.2) is 4.98 Å². The molecular weight excluding hydrogens is 216 g/mol. The van der Waals surface area contributed by atoms with E-state index in [1.165, 1.54) is 0 Å². The van der Waals surface area contributed by atoms with Crippen LogP contribution in [0.15, 0.2) is 36.5 Å². The van der Waals surface area contributed by atoms with Gasteiger partial charge in [0.25, 0.3) is 0 Å². The van der Waals surface area contributed by atoms with Gasteiger partial charge in [0.2, 0.25) is 0 Å². The molecule has 0 fully saturated rings. The highest BCUT2D eigenvalue weighted by atomic mass is 16.4. The number of aliphatic carboxylic acids is 1.